The summed E-state index contributed by atoms with van der Waals surface area (Å²) in [5, 5.41) is 2.97. The maximum absolute atomic E-state index is 11.7. The first kappa shape index (κ1) is 12.5. The molecule has 0 saturated carbocycles. The fraction of sp³-hybridized carbons (Fsp3) is 0.562. The predicted molar refractivity (Wildman–Crippen MR) is 77.7 cm³/mol. The molecule has 2 aliphatic rings. The van der Waals surface area contributed by atoms with E-state index in [9.17, 15) is 4.79 Å². The normalized spacial score (nSPS) is 18.5. The Labute approximate surface area is 115 Å². The molecular formula is C16H22N2O. The molecule has 0 aliphatic carbocycles. The number of hydrogen-bond acceptors (Lipinski definition) is 2. The van der Waals surface area contributed by atoms with Crippen LogP contribution in [0.4, 0.5) is 5.69 Å². The molecule has 1 amide bonds. The lowest BCUT2D eigenvalue weighted by Crippen LogP contribution is -2.32. The highest BCUT2D eigenvalue weighted by Gasteiger charge is 2.26. The quantitative estimate of drug-likeness (QED) is 0.839. The van der Waals surface area contributed by atoms with Crippen molar-refractivity contribution in [3.05, 3.63) is 27.8 Å². The minimum atomic E-state index is 0.159. The number of carbonyl (C=O) groups is 1. The molecule has 2 aliphatic heterocycles. The van der Waals surface area contributed by atoms with Gasteiger partial charge in [-0.1, -0.05) is 0 Å². The maximum Gasteiger partial charge on any atom is 0.224 e. The van der Waals surface area contributed by atoms with E-state index in [4.69, 9.17) is 0 Å². The van der Waals surface area contributed by atoms with Crippen molar-refractivity contribution < 1.29 is 4.79 Å². The molecule has 0 spiro atoms. The molecule has 1 N–H and O–H groups in total. The van der Waals surface area contributed by atoms with Gasteiger partial charge in [0.25, 0.3) is 0 Å². The van der Waals surface area contributed by atoms with Crippen molar-refractivity contribution in [1.82, 2.24) is 5.32 Å². The van der Waals surface area contributed by atoms with Crippen molar-refractivity contribution in [2.45, 2.75) is 46.6 Å². The zero-order chi connectivity index (χ0) is 13.6. The van der Waals surface area contributed by atoms with Gasteiger partial charge in [0, 0.05) is 25.3 Å². The molecule has 3 nitrogen and oxygen atoms in total. The molecule has 2 heterocycles. The first-order chi connectivity index (χ1) is 9.09. The molecule has 3 heteroatoms. The molecule has 0 unspecified atom stereocenters. The second kappa shape index (κ2) is 4.55. The van der Waals surface area contributed by atoms with E-state index in [1.807, 2.05) is 0 Å². The highest BCUT2D eigenvalue weighted by atomic mass is 16.1. The molecule has 1 saturated heterocycles. The lowest BCUT2D eigenvalue weighted by atomic mass is 9.87. The molecule has 0 bridgehead atoms. The van der Waals surface area contributed by atoms with E-state index in [1.54, 1.807) is 0 Å². The number of carbonyl (C=O) groups excluding carboxylic acids is 1. The fourth-order valence-electron chi connectivity index (χ4n) is 3.58. The van der Waals surface area contributed by atoms with Crippen LogP contribution in [0.2, 0.25) is 0 Å². The van der Waals surface area contributed by atoms with Crippen LogP contribution in [0.3, 0.4) is 0 Å². The van der Waals surface area contributed by atoms with Crippen molar-refractivity contribution in [3.63, 3.8) is 0 Å². The summed E-state index contributed by atoms with van der Waals surface area (Å²) >= 11 is 0. The lowest BCUT2D eigenvalue weighted by molar-refractivity contribution is -0.121. The molecule has 1 fully saturated rings. The van der Waals surface area contributed by atoms with Gasteiger partial charge < -0.3 is 10.2 Å². The van der Waals surface area contributed by atoms with Gasteiger partial charge in [-0.3, -0.25) is 4.79 Å². The Morgan fingerprint density at radius 3 is 2.32 bits per heavy atom. The number of nitrogens with one attached hydrogen (secondary N) is 1. The molecule has 0 atom stereocenters. The van der Waals surface area contributed by atoms with Crippen LogP contribution in [0.15, 0.2) is 0 Å². The Bertz CT molecular complexity index is 542. The van der Waals surface area contributed by atoms with Crippen LogP contribution >= 0.6 is 0 Å². The van der Waals surface area contributed by atoms with E-state index in [2.05, 4.69) is 31.0 Å². The van der Waals surface area contributed by atoms with Gasteiger partial charge in [0.2, 0.25) is 5.91 Å². The van der Waals surface area contributed by atoms with Gasteiger partial charge in [0.15, 0.2) is 0 Å². The molecule has 19 heavy (non-hydrogen) atoms. The standard InChI is InChI=1S/C16H22N2O/c1-10-11(2)16(18-6-4-5-7-18)12(3)13-8-15(19)17-9-14(10)13/h4-9H2,1-3H3,(H,17,19). The van der Waals surface area contributed by atoms with Crippen LogP contribution in [-0.2, 0) is 17.8 Å². The highest BCUT2D eigenvalue weighted by molar-refractivity contribution is 5.83. The predicted octanol–water partition coefficient (Wildman–Crippen LogP) is 2.38. The monoisotopic (exact) mass is 258 g/mol. The van der Waals surface area contributed by atoms with Gasteiger partial charge in [-0.05, 0) is 61.4 Å². The molecular weight excluding hydrogens is 236 g/mol. The zero-order valence-corrected chi connectivity index (χ0v) is 12.1. The third-order valence-electron chi connectivity index (χ3n) is 4.76. The minimum absolute atomic E-state index is 0.159. The summed E-state index contributed by atoms with van der Waals surface area (Å²) in [5.41, 5.74) is 8.10. The summed E-state index contributed by atoms with van der Waals surface area (Å²) in [6.45, 7) is 9.63. The molecule has 0 aromatic heterocycles. The van der Waals surface area contributed by atoms with E-state index >= 15 is 0 Å². The molecule has 1 aromatic rings. The van der Waals surface area contributed by atoms with E-state index < -0.39 is 0 Å². The topological polar surface area (TPSA) is 32.3 Å². The van der Waals surface area contributed by atoms with Crippen molar-refractivity contribution in [2.75, 3.05) is 18.0 Å². The van der Waals surface area contributed by atoms with Gasteiger partial charge >= 0.3 is 0 Å². The Kier molecular flexibility index (Phi) is 3.00. The summed E-state index contributed by atoms with van der Waals surface area (Å²) in [5.74, 6) is 0.159. The van der Waals surface area contributed by atoms with Crippen LogP contribution in [0.25, 0.3) is 0 Å². The van der Waals surface area contributed by atoms with Crippen LogP contribution in [-0.4, -0.2) is 19.0 Å². The number of fused-ring (bicyclic) bond motifs is 1. The average molecular weight is 258 g/mol. The lowest BCUT2D eigenvalue weighted by Gasteiger charge is -2.30. The second-order valence-electron chi connectivity index (χ2n) is 5.83. The third kappa shape index (κ3) is 1.92. The van der Waals surface area contributed by atoms with Gasteiger partial charge in [0.1, 0.15) is 0 Å². The third-order valence-corrected chi connectivity index (χ3v) is 4.76. The molecule has 3 rings (SSSR count). The second-order valence-corrected chi connectivity index (χ2v) is 5.83. The average Bonchev–Trinajstić information content (AvgIpc) is 2.90. The number of anilines is 1. The van der Waals surface area contributed by atoms with Crippen LogP contribution < -0.4 is 10.2 Å². The SMILES string of the molecule is Cc1c(C)c(N2CCCC2)c(C)c2c1CNC(=O)C2. The Balaban J connectivity index is 2.17. The maximum atomic E-state index is 11.7. The number of benzene rings is 1. The van der Waals surface area contributed by atoms with E-state index in [0.717, 1.165) is 13.1 Å². The van der Waals surface area contributed by atoms with Gasteiger partial charge in [-0.15, -0.1) is 0 Å². The summed E-state index contributed by atoms with van der Waals surface area (Å²) in [6, 6.07) is 0. The smallest absolute Gasteiger partial charge is 0.224 e. The number of nitrogens with zero attached hydrogens (tertiary/aromatic N) is 1. The molecule has 0 radical (unpaired) electrons. The van der Waals surface area contributed by atoms with Crippen molar-refractivity contribution >= 4 is 11.6 Å². The Morgan fingerprint density at radius 1 is 0.947 bits per heavy atom. The van der Waals surface area contributed by atoms with E-state index in [1.165, 1.54) is 46.3 Å². The summed E-state index contributed by atoms with van der Waals surface area (Å²) in [7, 11) is 0. The van der Waals surface area contributed by atoms with Crippen LogP contribution in [0, 0.1) is 20.8 Å². The van der Waals surface area contributed by atoms with Crippen LogP contribution in [0.1, 0.15) is 40.7 Å². The van der Waals surface area contributed by atoms with Gasteiger partial charge in [-0.25, -0.2) is 0 Å². The van der Waals surface area contributed by atoms with Crippen molar-refractivity contribution in [2.24, 2.45) is 0 Å². The van der Waals surface area contributed by atoms with Gasteiger partial charge in [-0.2, -0.15) is 0 Å². The first-order valence-electron chi connectivity index (χ1n) is 7.22. The summed E-state index contributed by atoms with van der Waals surface area (Å²) < 4.78 is 0. The molecule has 1 aromatic carbocycles. The summed E-state index contributed by atoms with van der Waals surface area (Å²) in [4.78, 5) is 14.2. The van der Waals surface area contributed by atoms with E-state index in [0.29, 0.717) is 13.0 Å². The van der Waals surface area contributed by atoms with Crippen molar-refractivity contribution in [3.8, 4) is 0 Å². The Hall–Kier alpha value is -1.51. The largest absolute Gasteiger partial charge is 0.371 e. The zero-order valence-electron chi connectivity index (χ0n) is 12.1. The fourth-order valence-corrected chi connectivity index (χ4v) is 3.58. The van der Waals surface area contributed by atoms with Gasteiger partial charge in [0.05, 0.1) is 6.42 Å². The minimum Gasteiger partial charge on any atom is -0.371 e. The Morgan fingerprint density at radius 2 is 1.63 bits per heavy atom. The number of amides is 1. The van der Waals surface area contributed by atoms with Crippen molar-refractivity contribution in [1.29, 1.82) is 0 Å². The van der Waals surface area contributed by atoms with E-state index in [-0.39, 0.29) is 5.91 Å². The number of hydrogen-bond donors (Lipinski definition) is 1. The molecule has 102 valence electrons. The number of rotatable bonds is 1. The highest BCUT2D eigenvalue weighted by Crippen LogP contribution is 2.36. The first-order valence-corrected chi connectivity index (χ1v) is 7.22. The summed E-state index contributed by atoms with van der Waals surface area (Å²) in [6.07, 6.45) is 3.12. The van der Waals surface area contributed by atoms with Crippen LogP contribution in [0.5, 0.6) is 0 Å².